The van der Waals surface area contributed by atoms with E-state index < -0.39 is 25.2 Å². The molecular weight excluding hydrogens is 227 g/mol. The van der Waals surface area contributed by atoms with Crippen molar-refractivity contribution in [1.29, 1.82) is 0 Å². The number of nitrogens with zero attached hydrogens (tertiary/aromatic N) is 1. The minimum atomic E-state index is -4.37. The Morgan fingerprint density at radius 1 is 1.50 bits per heavy atom. The molecule has 0 aromatic rings. The number of hydrogen-bond acceptors (Lipinski definition) is 3. The van der Waals surface area contributed by atoms with Crippen LogP contribution in [0, 0.1) is 0 Å². The lowest BCUT2D eigenvalue weighted by Gasteiger charge is -2.41. The average Bonchev–Trinajstić information content (AvgIpc) is 1.96. The number of halogens is 3. The minimum absolute atomic E-state index is 0.0467. The molecule has 0 radical (unpaired) electrons. The Morgan fingerprint density at radius 2 is 2.06 bits per heavy atom. The molecule has 0 amide bonds. The first kappa shape index (κ1) is 13.2. The van der Waals surface area contributed by atoms with E-state index in [1.165, 1.54) is 7.11 Å². The monoisotopic (exact) mass is 241 g/mol. The summed E-state index contributed by atoms with van der Waals surface area (Å²) in [6.07, 6.45) is -3.50. The van der Waals surface area contributed by atoms with Crippen LogP contribution in [0.5, 0.6) is 0 Å². The van der Waals surface area contributed by atoms with Gasteiger partial charge in [-0.1, -0.05) is 0 Å². The highest BCUT2D eigenvalue weighted by molar-refractivity contribution is 5.69. The number of carboxylic acid groups (broad SMARTS) is 1. The van der Waals surface area contributed by atoms with Gasteiger partial charge in [0.1, 0.15) is 0 Å². The number of methoxy groups -OCH3 is 1. The van der Waals surface area contributed by atoms with Crippen LogP contribution in [-0.4, -0.2) is 54.5 Å². The maximum atomic E-state index is 12.2. The fourth-order valence-electron chi connectivity index (χ4n) is 1.75. The third-order valence-electron chi connectivity index (χ3n) is 2.64. The molecule has 0 atom stereocenters. The van der Waals surface area contributed by atoms with Gasteiger partial charge >= 0.3 is 12.1 Å². The number of carboxylic acids is 1. The van der Waals surface area contributed by atoms with Crippen molar-refractivity contribution < 1.29 is 27.8 Å². The molecule has 0 saturated heterocycles. The molecule has 1 N–H and O–H groups in total. The zero-order valence-corrected chi connectivity index (χ0v) is 8.83. The maximum absolute atomic E-state index is 12.2. The molecule has 0 bridgehead atoms. The van der Waals surface area contributed by atoms with E-state index in [-0.39, 0.29) is 12.1 Å². The second-order valence-corrected chi connectivity index (χ2v) is 3.90. The van der Waals surface area contributed by atoms with Gasteiger partial charge in [-0.15, -0.1) is 0 Å². The van der Waals surface area contributed by atoms with Crippen LogP contribution in [0.4, 0.5) is 13.2 Å². The van der Waals surface area contributed by atoms with Gasteiger partial charge in [0.15, 0.2) is 0 Å². The van der Waals surface area contributed by atoms with Gasteiger partial charge < -0.3 is 9.84 Å². The quantitative estimate of drug-likeness (QED) is 0.783. The molecule has 1 rings (SSSR count). The molecule has 0 aromatic heterocycles. The van der Waals surface area contributed by atoms with Gasteiger partial charge in [-0.2, -0.15) is 13.2 Å². The van der Waals surface area contributed by atoms with Crippen molar-refractivity contribution in [3.05, 3.63) is 0 Å². The summed E-state index contributed by atoms with van der Waals surface area (Å²) in [6.45, 7) is -1.76. The van der Waals surface area contributed by atoms with Gasteiger partial charge in [0.2, 0.25) is 0 Å². The van der Waals surface area contributed by atoms with E-state index in [1.54, 1.807) is 0 Å². The number of alkyl halides is 3. The number of hydrogen-bond donors (Lipinski definition) is 1. The van der Waals surface area contributed by atoms with E-state index in [0.29, 0.717) is 12.8 Å². The minimum Gasteiger partial charge on any atom is -0.480 e. The van der Waals surface area contributed by atoms with Crippen LogP contribution in [0.2, 0.25) is 0 Å². The summed E-state index contributed by atoms with van der Waals surface area (Å²) >= 11 is 0. The molecule has 1 aliphatic rings. The summed E-state index contributed by atoms with van der Waals surface area (Å²) in [5, 5.41) is 8.53. The second-order valence-electron chi connectivity index (χ2n) is 3.90. The molecule has 1 aliphatic carbocycles. The van der Waals surface area contributed by atoms with Crippen LogP contribution in [0.1, 0.15) is 12.8 Å². The van der Waals surface area contributed by atoms with Crippen molar-refractivity contribution in [2.75, 3.05) is 20.2 Å². The van der Waals surface area contributed by atoms with E-state index in [1.807, 2.05) is 0 Å². The molecule has 0 spiro atoms. The lowest BCUT2D eigenvalue weighted by Crippen LogP contribution is -2.52. The highest BCUT2D eigenvalue weighted by Crippen LogP contribution is 2.30. The molecule has 1 fully saturated rings. The van der Waals surface area contributed by atoms with E-state index in [2.05, 4.69) is 0 Å². The SMILES string of the molecule is COC1CC(N(CC(=O)O)CC(F)(F)F)C1. The Bertz CT molecular complexity index is 251. The Hall–Kier alpha value is -0.820. The lowest BCUT2D eigenvalue weighted by atomic mass is 9.87. The molecule has 0 aromatic carbocycles. The van der Waals surface area contributed by atoms with Crippen LogP contribution < -0.4 is 0 Å². The van der Waals surface area contributed by atoms with Crippen LogP contribution in [0.3, 0.4) is 0 Å². The zero-order valence-electron chi connectivity index (χ0n) is 8.83. The van der Waals surface area contributed by atoms with Gasteiger partial charge in [-0.05, 0) is 12.8 Å². The van der Waals surface area contributed by atoms with Crippen LogP contribution in [-0.2, 0) is 9.53 Å². The number of rotatable bonds is 5. The van der Waals surface area contributed by atoms with Crippen molar-refractivity contribution in [2.45, 2.75) is 31.2 Å². The fraction of sp³-hybridized carbons (Fsp3) is 0.889. The van der Waals surface area contributed by atoms with Gasteiger partial charge in [0.05, 0.1) is 19.2 Å². The van der Waals surface area contributed by atoms with Crippen molar-refractivity contribution in [3.63, 3.8) is 0 Å². The van der Waals surface area contributed by atoms with Gasteiger partial charge in [-0.25, -0.2) is 0 Å². The van der Waals surface area contributed by atoms with Crippen molar-refractivity contribution in [2.24, 2.45) is 0 Å². The van der Waals surface area contributed by atoms with E-state index >= 15 is 0 Å². The van der Waals surface area contributed by atoms with Gasteiger partial charge in [0.25, 0.3) is 0 Å². The summed E-state index contributed by atoms with van der Waals surface area (Å²) in [7, 11) is 1.49. The largest absolute Gasteiger partial charge is 0.480 e. The summed E-state index contributed by atoms with van der Waals surface area (Å²) in [6, 6.07) is -0.345. The van der Waals surface area contributed by atoms with Gasteiger partial charge in [0, 0.05) is 13.2 Å². The smallest absolute Gasteiger partial charge is 0.401 e. The fourth-order valence-corrected chi connectivity index (χ4v) is 1.75. The first-order valence-corrected chi connectivity index (χ1v) is 4.87. The summed E-state index contributed by atoms with van der Waals surface area (Å²) in [5.41, 5.74) is 0. The summed E-state index contributed by atoms with van der Waals surface area (Å²) in [5.74, 6) is -1.25. The topological polar surface area (TPSA) is 49.8 Å². The average molecular weight is 241 g/mol. The van der Waals surface area contributed by atoms with Crippen LogP contribution in [0.15, 0.2) is 0 Å². The molecule has 0 heterocycles. The first-order valence-electron chi connectivity index (χ1n) is 4.87. The van der Waals surface area contributed by atoms with Crippen LogP contribution in [0.25, 0.3) is 0 Å². The zero-order chi connectivity index (χ0) is 12.3. The predicted molar refractivity (Wildman–Crippen MR) is 49.1 cm³/mol. The normalized spacial score (nSPS) is 25.6. The molecule has 16 heavy (non-hydrogen) atoms. The number of carbonyl (C=O) groups is 1. The molecule has 0 aliphatic heterocycles. The number of aliphatic carboxylic acids is 1. The van der Waals surface area contributed by atoms with Crippen molar-refractivity contribution in [1.82, 2.24) is 4.90 Å². The van der Waals surface area contributed by atoms with Crippen LogP contribution >= 0.6 is 0 Å². The lowest BCUT2D eigenvalue weighted by molar-refractivity contribution is -0.166. The molecular formula is C9H14F3NO3. The second kappa shape index (κ2) is 5.01. The first-order chi connectivity index (χ1) is 7.31. The third kappa shape index (κ3) is 3.97. The summed E-state index contributed by atoms with van der Waals surface area (Å²) < 4.78 is 41.5. The molecule has 1 saturated carbocycles. The Kier molecular flexibility index (Phi) is 4.15. The standard InChI is InChI=1S/C9H14F3NO3/c1-16-7-2-6(3-7)13(4-8(14)15)5-9(10,11)12/h6-7H,2-5H2,1H3,(H,14,15). The predicted octanol–water partition coefficient (Wildman–Crippen LogP) is 1.11. The Morgan fingerprint density at radius 3 is 2.44 bits per heavy atom. The van der Waals surface area contributed by atoms with Gasteiger partial charge in [-0.3, -0.25) is 9.69 Å². The van der Waals surface area contributed by atoms with E-state index in [4.69, 9.17) is 9.84 Å². The van der Waals surface area contributed by atoms with Crippen molar-refractivity contribution >= 4 is 5.97 Å². The van der Waals surface area contributed by atoms with E-state index in [0.717, 1.165) is 4.90 Å². The van der Waals surface area contributed by atoms with E-state index in [9.17, 15) is 18.0 Å². The Labute approximate surface area is 91.0 Å². The summed E-state index contributed by atoms with van der Waals surface area (Å²) in [4.78, 5) is 11.4. The molecule has 94 valence electrons. The molecule has 4 nitrogen and oxygen atoms in total. The molecule has 0 unspecified atom stereocenters. The number of ether oxygens (including phenoxy) is 1. The maximum Gasteiger partial charge on any atom is 0.401 e. The third-order valence-corrected chi connectivity index (χ3v) is 2.64. The highest BCUT2D eigenvalue weighted by Gasteiger charge is 2.40. The highest BCUT2D eigenvalue weighted by atomic mass is 19.4. The van der Waals surface area contributed by atoms with Crippen molar-refractivity contribution in [3.8, 4) is 0 Å². The molecule has 7 heteroatoms. The Balaban J connectivity index is 2.49.